The topological polar surface area (TPSA) is 144 Å². The first-order chi connectivity index (χ1) is 29.2. The second kappa shape index (κ2) is 17.4. The molecule has 3 aromatic carbocycles. The molecule has 1 saturated heterocycles. The fraction of sp³-hybridized carbons (Fsp3) is 0.391. The number of hydrogen-bond acceptors (Lipinski definition) is 9. The number of carbonyl (C=O) groups excluding carboxylic acids is 1. The van der Waals surface area contributed by atoms with E-state index in [1.165, 1.54) is 16.7 Å². The number of anilines is 1. The van der Waals surface area contributed by atoms with Crippen LogP contribution in [0.4, 0.5) is 10.1 Å². The summed E-state index contributed by atoms with van der Waals surface area (Å²) in [7, 11) is -4.46. The Kier molecular flexibility index (Phi) is 12.2. The number of allylic oxidation sites excluding steroid dienone is 1. The molecule has 1 saturated carbocycles. The van der Waals surface area contributed by atoms with Gasteiger partial charge in [-0.3, -0.25) is 14.8 Å². The predicted molar refractivity (Wildman–Crippen MR) is 237 cm³/mol. The Labute approximate surface area is 365 Å². The molecule has 0 radical (unpaired) electrons. The number of halogens is 3. The maximum atomic E-state index is 15.3. The Morgan fingerprint density at radius 2 is 1.75 bits per heavy atom. The van der Waals surface area contributed by atoms with Gasteiger partial charge in [0.25, 0.3) is 15.9 Å². The van der Waals surface area contributed by atoms with Gasteiger partial charge in [-0.1, -0.05) is 66.9 Å². The molecule has 2 aromatic heterocycles. The maximum Gasteiger partial charge on any atom is 0.265 e. The van der Waals surface area contributed by atoms with Crippen molar-refractivity contribution in [2.24, 2.45) is 11.3 Å². The Bertz CT molecular complexity index is 2630. The molecule has 0 unspecified atom stereocenters. The molecular weight excluding hydrogens is 837 g/mol. The summed E-state index contributed by atoms with van der Waals surface area (Å²) in [5.41, 5.74) is 5.84. The van der Waals surface area contributed by atoms with Gasteiger partial charge in [-0.2, -0.15) is 10.4 Å². The molecule has 0 spiro atoms. The first kappa shape index (κ1) is 42.7. The molecule has 2 aliphatic carbocycles. The highest BCUT2D eigenvalue weighted by Crippen LogP contribution is 2.44. The predicted octanol–water partition coefficient (Wildman–Crippen LogP) is 9.64. The van der Waals surface area contributed by atoms with E-state index in [0.717, 1.165) is 85.9 Å². The van der Waals surface area contributed by atoms with Crippen LogP contribution in [0.15, 0.2) is 89.6 Å². The number of pyridine rings is 1. The molecule has 0 bridgehead atoms. The molecule has 3 heterocycles. The Morgan fingerprint density at radius 1 is 1.00 bits per heavy atom. The molecule has 5 aromatic rings. The van der Waals surface area contributed by atoms with Gasteiger partial charge in [0.2, 0.25) is 5.88 Å². The van der Waals surface area contributed by atoms with Gasteiger partial charge in [-0.25, -0.2) is 22.5 Å². The van der Waals surface area contributed by atoms with Crippen LogP contribution in [0.2, 0.25) is 10.0 Å². The van der Waals surface area contributed by atoms with E-state index >= 15 is 4.39 Å². The third-order valence-electron chi connectivity index (χ3n) is 12.4. The minimum absolute atomic E-state index is 0.129. The number of piperazine rings is 1. The number of nitriles is 1. The first-order valence-electron chi connectivity index (χ1n) is 20.6. The molecule has 0 atom stereocenters. The van der Waals surface area contributed by atoms with Crippen LogP contribution in [-0.4, -0.2) is 79.4 Å². The quantitative estimate of drug-likeness (QED) is 0.133. The van der Waals surface area contributed by atoms with Crippen LogP contribution in [0.25, 0.3) is 27.6 Å². The molecule has 318 valence electrons. The fourth-order valence-electron chi connectivity index (χ4n) is 8.75. The lowest BCUT2D eigenvalue weighted by atomic mass is 9.72. The van der Waals surface area contributed by atoms with E-state index in [-0.39, 0.29) is 52.1 Å². The van der Waals surface area contributed by atoms with Crippen molar-refractivity contribution in [1.29, 1.82) is 5.26 Å². The maximum absolute atomic E-state index is 15.3. The SMILES string of the molecule is CC1(C)CCC(CN2CCN(c3ccc(C(=O)NS(=O)(=O)c4cnc(OC[C@]5(F)CC[C@@H](C#N)CC5)c(Cl)c4)c(-c4cccc5[nH]ncc45)c3)CC2)=C(c2ccc(Cl)cc2)C1. The number of amides is 1. The van der Waals surface area contributed by atoms with Gasteiger partial charge in [0.05, 0.1) is 24.0 Å². The van der Waals surface area contributed by atoms with Crippen molar-refractivity contribution in [2.45, 2.75) is 69.4 Å². The Balaban J connectivity index is 0.992. The molecule has 1 amide bonds. The van der Waals surface area contributed by atoms with Crippen LogP contribution < -0.4 is 14.4 Å². The number of benzene rings is 3. The standard InChI is InChI=1S/C46H48Cl2FN7O4S/c1-45(2)15-14-32(39(24-45)31-6-8-33(47)9-7-31)28-55-18-20-56(21-19-55)34-10-11-37(38(22-34)36-4-3-5-42-40(36)27-52-53-42)43(57)54-61(58,59)35-23-41(48)44(51-26-35)60-29-46(49)16-12-30(25-50)13-17-46/h3-11,22-23,26-27,30H,12-21,24,28-29H2,1-2H3,(H,52,53)(H,54,57)/t30-,46+. The number of H-pyrrole nitrogens is 1. The summed E-state index contributed by atoms with van der Waals surface area (Å²) in [6.07, 6.45) is 7.13. The van der Waals surface area contributed by atoms with E-state index in [2.05, 4.69) is 61.8 Å². The number of aromatic amines is 1. The van der Waals surface area contributed by atoms with Crippen LogP contribution in [0.3, 0.4) is 0 Å². The highest BCUT2D eigenvalue weighted by atomic mass is 35.5. The molecule has 11 nitrogen and oxygen atoms in total. The van der Waals surface area contributed by atoms with Crippen molar-refractivity contribution < 1.29 is 22.3 Å². The van der Waals surface area contributed by atoms with Gasteiger partial charge in [0.15, 0.2) is 0 Å². The molecule has 15 heteroatoms. The number of nitrogens with one attached hydrogen (secondary N) is 2. The third-order valence-corrected chi connectivity index (χ3v) is 14.2. The fourth-order valence-corrected chi connectivity index (χ4v) is 10.1. The third kappa shape index (κ3) is 9.58. The van der Waals surface area contributed by atoms with Crippen LogP contribution in [0.1, 0.15) is 74.7 Å². The molecule has 2 N–H and O–H groups in total. The molecule has 3 aliphatic rings. The average Bonchev–Trinajstić information content (AvgIpc) is 3.74. The van der Waals surface area contributed by atoms with Crippen LogP contribution in [-0.2, 0) is 10.0 Å². The number of sulfonamides is 1. The van der Waals surface area contributed by atoms with Gasteiger partial charge >= 0.3 is 0 Å². The van der Waals surface area contributed by atoms with Crippen LogP contribution in [0.5, 0.6) is 5.88 Å². The summed E-state index contributed by atoms with van der Waals surface area (Å²) in [5.74, 6) is -1.15. The van der Waals surface area contributed by atoms with E-state index < -0.39 is 21.6 Å². The lowest BCUT2D eigenvalue weighted by Gasteiger charge is -2.39. The molecule has 2 fully saturated rings. The largest absolute Gasteiger partial charge is 0.473 e. The molecule has 1 aliphatic heterocycles. The second-order valence-electron chi connectivity index (χ2n) is 17.3. The van der Waals surface area contributed by atoms with Crippen molar-refractivity contribution in [2.75, 3.05) is 44.2 Å². The van der Waals surface area contributed by atoms with Crippen molar-refractivity contribution in [3.8, 4) is 23.1 Å². The summed E-state index contributed by atoms with van der Waals surface area (Å²) in [5, 5.41) is 17.7. The highest BCUT2D eigenvalue weighted by molar-refractivity contribution is 7.90. The lowest BCUT2D eigenvalue weighted by molar-refractivity contribution is 0.0377. The van der Waals surface area contributed by atoms with E-state index in [9.17, 15) is 13.2 Å². The smallest absolute Gasteiger partial charge is 0.265 e. The summed E-state index contributed by atoms with van der Waals surface area (Å²) in [4.78, 5) is 22.5. The Hall–Kier alpha value is -5.00. The second-order valence-corrected chi connectivity index (χ2v) is 19.8. The Morgan fingerprint density at radius 3 is 2.48 bits per heavy atom. The van der Waals surface area contributed by atoms with Crippen molar-refractivity contribution in [3.63, 3.8) is 0 Å². The zero-order chi connectivity index (χ0) is 42.9. The van der Waals surface area contributed by atoms with E-state index in [4.69, 9.17) is 33.2 Å². The number of nitrogens with zero attached hydrogens (tertiary/aromatic N) is 5. The van der Waals surface area contributed by atoms with Gasteiger partial charge in [0.1, 0.15) is 22.2 Å². The number of alkyl halides is 1. The first-order valence-corrected chi connectivity index (χ1v) is 22.9. The normalized spacial score (nSPS) is 21.0. The van der Waals surface area contributed by atoms with E-state index in [1.807, 2.05) is 42.5 Å². The minimum atomic E-state index is -4.46. The number of aromatic nitrogens is 3. The van der Waals surface area contributed by atoms with Gasteiger partial charge in [0, 0.05) is 60.3 Å². The zero-order valence-electron chi connectivity index (χ0n) is 34.2. The van der Waals surface area contributed by atoms with Gasteiger partial charge < -0.3 is 9.64 Å². The van der Waals surface area contributed by atoms with Crippen molar-refractivity contribution in [3.05, 3.63) is 106 Å². The number of fused-ring (bicyclic) bond motifs is 1. The highest BCUT2D eigenvalue weighted by Gasteiger charge is 2.37. The lowest BCUT2D eigenvalue weighted by Crippen LogP contribution is -2.47. The number of rotatable bonds is 11. The molecular formula is C46H48Cl2FN7O4S. The summed E-state index contributed by atoms with van der Waals surface area (Å²) in [6.45, 7) is 8.50. The monoisotopic (exact) mass is 883 g/mol. The summed E-state index contributed by atoms with van der Waals surface area (Å²) in [6, 6.07) is 22.6. The molecule has 8 rings (SSSR count). The van der Waals surface area contributed by atoms with Crippen molar-refractivity contribution >= 4 is 61.3 Å². The van der Waals surface area contributed by atoms with Gasteiger partial charge in [-0.05, 0) is 115 Å². The summed E-state index contributed by atoms with van der Waals surface area (Å²) < 4.78 is 50.4. The van der Waals surface area contributed by atoms with E-state index in [1.54, 1.807) is 12.3 Å². The van der Waals surface area contributed by atoms with Crippen LogP contribution in [0, 0.1) is 22.7 Å². The molecule has 61 heavy (non-hydrogen) atoms. The zero-order valence-corrected chi connectivity index (χ0v) is 36.5. The number of hydrogen-bond donors (Lipinski definition) is 2. The minimum Gasteiger partial charge on any atom is -0.473 e. The van der Waals surface area contributed by atoms with Crippen LogP contribution >= 0.6 is 23.2 Å². The average molecular weight is 885 g/mol. The van der Waals surface area contributed by atoms with E-state index in [0.29, 0.717) is 24.0 Å². The number of carbonyl (C=O) groups is 1. The van der Waals surface area contributed by atoms with Gasteiger partial charge in [-0.15, -0.1) is 0 Å². The summed E-state index contributed by atoms with van der Waals surface area (Å²) >= 11 is 12.6. The van der Waals surface area contributed by atoms with Crippen molar-refractivity contribution in [1.82, 2.24) is 24.8 Å². The number of ether oxygens (including phenoxy) is 1.